The predicted octanol–water partition coefficient (Wildman–Crippen LogP) is 6.48. The van der Waals surface area contributed by atoms with Crippen LogP contribution in [-0.4, -0.2) is 43.4 Å². The van der Waals surface area contributed by atoms with E-state index in [9.17, 15) is 4.79 Å². The standard InChI is InChI=1S/C29H42N2O/c1-7-28(3,4)25-18-20-31(21-19-25)26-16-14-24(15-17-26)27(32)29(8-2,30(5)6)22-23-12-10-9-11-13-23/h9-17,25H,7-8,18-22H2,1-6H3. The molecule has 0 aliphatic carbocycles. The highest BCUT2D eigenvalue weighted by Gasteiger charge is 2.39. The number of ketones is 1. The summed E-state index contributed by atoms with van der Waals surface area (Å²) in [5.41, 5.74) is 3.14. The number of likely N-dealkylation sites (N-methyl/N-ethyl adjacent to an activating group) is 1. The third kappa shape index (κ3) is 5.09. The van der Waals surface area contributed by atoms with E-state index in [1.54, 1.807) is 0 Å². The first-order valence-electron chi connectivity index (χ1n) is 12.3. The van der Waals surface area contributed by atoms with Gasteiger partial charge in [-0.25, -0.2) is 0 Å². The van der Waals surface area contributed by atoms with Crippen LogP contribution in [0.2, 0.25) is 0 Å². The summed E-state index contributed by atoms with van der Waals surface area (Å²) in [6, 6.07) is 18.7. The minimum absolute atomic E-state index is 0.212. The Balaban J connectivity index is 1.75. The fourth-order valence-corrected chi connectivity index (χ4v) is 5.28. The van der Waals surface area contributed by atoms with Gasteiger partial charge in [-0.3, -0.25) is 9.69 Å². The van der Waals surface area contributed by atoms with Gasteiger partial charge in [0.1, 0.15) is 0 Å². The molecule has 1 fully saturated rings. The summed E-state index contributed by atoms with van der Waals surface area (Å²) in [7, 11) is 4.06. The first-order chi connectivity index (χ1) is 15.2. The highest BCUT2D eigenvalue weighted by molar-refractivity contribution is 6.03. The summed E-state index contributed by atoms with van der Waals surface area (Å²) >= 11 is 0. The minimum Gasteiger partial charge on any atom is -0.372 e. The Hall–Kier alpha value is -2.13. The Labute approximate surface area is 195 Å². The molecule has 0 saturated carbocycles. The zero-order chi connectivity index (χ0) is 23.4. The Morgan fingerprint density at radius 1 is 0.938 bits per heavy atom. The van der Waals surface area contributed by atoms with Crippen molar-refractivity contribution in [2.24, 2.45) is 11.3 Å². The SMILES string of the molecule is CCC(C)(C)C1CCN(c2ccc(C(=O)C(CC)(Cc3ccccc3)N(C)C)cc2)CC1. The summed E-state index contributed by atoms with van der Waals surface area (Å²) in [6.45, 7) is 11.5. The van der Waals surface area contributed by atoms with Crippen molar-refractivity contribution in [3.63, 3.8) is 0 Å². The van der Waals surface area contributed by atoms with Gasteiger partial charge in [0, 0.05) is 24.3 Å². The van der Waals surface area contributed by atoms with Crippen molar-refractivity contribution in [1.29, 1.82) is 0 Å². The third-order valence-corrected chi connectivity index (χ3v) is 8.21. The average molecular weight is 435 g/mol. The molecule has 0 N–H and O–H groups in total. The summed E-state index contributed by atoms with van der Waals surface area (Å²) in [5, 5.41) is 0. The summed E-state index contributed by atoms with van der Waals surface area (Å²) in [5.74, 6) is 1.01. The van der Waals surface area contributed by atoms with Crippen LogP contribution >= 0.6 is 0 Å². The molecule has 3 nitrogen and oxygen atoms in total. The van der Waals surface area contributed by atoms with E-state index in [0.717, 1.165) is 37.4 Å². The van der Waals surface area contributed by atoms with Crippen LogP contribution < -0.4 is 4.90 Å². The molecule has 1 unspecified atom stereocenters. The molecule has 0 aromatic heterocycles. The molecular formula is C29H42N2O. The average Bonchev–Trinajstić information content (AvgIpc) is 2.83. The molecule has 1 aliphatic heterocycles. The van der Waals surface area contributed by atoms with Gasteiger partial charge >= 0.3 is 0 Å². The number of Topliss-reactive ketones (excluding diaryl/α,β-unsaturated/α-hetero) is 1. The van der Waals surface area contributed by atoms with Crippen LogP contribution in [0.4, 0.5) is 5.69 Å². The normalized spacial score (nSPS) is 17.4. The second-order valence-corrected chi connectivity index (χ2v) is 10.4. The Morgan fingerprint density at radius 3 is 2.03 bits per heavy atom. The molecule has 1 atom stereocenters. The molecule has 0 radical (unpaired) electrons. The molecule has 2 aromatic rings. The zero-order valence-electron chi connectivity index (χ0n) is 21.0. The van der Waals surface area contributed by atoms with E-state index in [4.69, 9.17) is 0 Å². The molecule has 1 aliphatic rings. The van der Waals surface area contributed by atoms with E-state index < -0.39 is 5.54 Å². The van der Waals surface area contributed by atoms with Crippen molar-refractivity contribution in [2.75, 3.05) is 32.1 Å². The van der Waals surface area contributed by atoms with E-state index in [-0.39, 0.29) is 5.78 Å². The molecule has 2 aromatic carbocycles. The minimum atomic E-state index is -0.535. The highest BCUT2D eigenvalue weighted by atomic mass is 16.1. The topological polar surface area (TPSA) is 23.6 Å². The third-order valence-electron chi connectivity index (χ3n) is 8.21. The van der Waals surface area contributed by atoms with Gasteiger partial charge in [0.25, 0.3) is 0 Å². The van der Waals surface area contributed by atoms with Gasteiger partial charge in [-0.1, -0.05) is 64.4 Å². The quantitative estimate of drug-likeness (QED) is 0.422. The number of nitrogens with zero attached hydrogens (tertiary/aromatic N) is 2. The fraction of sp³-hybridized carbons (Fsp3) is 0.552. The first kappa shape index (κ1) is 24.5. The zero-order valence-corrected chi connectivity index (χ0v) is 21.0. The number of rotatable bonds is 9. The van der Waals surface area contributed by atoms with E-state index in [0.29, 0.717) is 5.41 Å². The number of hydrogen-bond acceptors (Lipinski definition) is 3. The molecule has 3 heteroatoms. The smallest absolute Gasteiger partial charge is 0.183 e. The lowest BCUT2D eigenvalue weighted by Crippen LogP contribution is -2.52. The van der Waals surface area contributed by atoms with Crippen molar-refractivity contribution < 1.29 is 4.79 Å². The van der Waals surface area contributed by atoms with Crippen LogP contribution in [0, 0.1) is 11.3 Å². The number of carbonyl (C=O) groups excluding carboxylic acids is 1. The van der Waals surface area contributed by atoms with Crippen molar-refractivity contribution in [2.45, 2.75) is 65.3 Å². The lowest BCUT2D eigenvalue weighted by Gasteiger charge is -2.41. The van der Waals surface area contributed by atoms with Gasteiger partial charge in [-0.2, -0.15) is 0 Å². The van der Waals surface area contributed by atoms with Crippen LogP contribution in [0.15, 0.2) is 54.6 Å². The Kier molecular flexibility index (Phi) is 7.82. The molecule has 1 saturated heterocycles. The molecule has 0 spiro atoms. The van der Waals surface area contributed by atoms with E-state index in [1.807, 2.05) is 32.3 Å². The molecule has 174 valence electrons. The maximum absolute atomic E-state index is 13.8. The first-order valence-corrected chi connectivity index (χ1v) is 12.3. The van der Waals surface area contributed by atoms with Crippen molar-refractivity contribution in [3.05, 3.63) is 65.7 Å². The monoisotopic (exact) mass is 434 g/mol. The molecule has 3 rings (SSSR count). The Bertz CT molecular complexity index is 864. The number of benzene rings is 2. The summed E-state index contributed by atoms with van der Waals surface area (Å²) in [6.07, 6.45) is 5.23. The highest BCUT2D eigenvalue weighted by Crippen LogP contribution is 2.38. The van der Waals surface area contributed by atoms with E-state index in [2.05, 4.69) is 73.9 Å². The van der Waals surface area contributed by atoms with Crippen molar-refractivity contribution in [1.82, 2.24) is 4.90 Å². The fourth-order valence-electron chi connectivity index (χ4n) is 5.28. The van der Waals surface area contributed by atoms with Crippen molar-refractivity contribution in [3.8, 4) is 0 Å². The molecular weight excluding hydrogens is 392 g/mol. The van der Waals surface area contributed by atoms with E-state index in [1.165, 1.54) is 30.5 Å². The molecule has 32 heavy (non-hydrogen) atoms. The van der Waals surface area contributed by atoms with Gasteiger partial charge in [-0.05, 0) is 80.9 Å². The summed E-state index contributed by atoms with van der Waals surface area (Å²) in [4.78, 5) is 18.4. The van der Waals surface area contributed by atoms with Crippen LogP contribution in [0.25, 0.3) is 0 Å². The van der Waals surface area contributed by atoms with Gasteiger partial charge < -0.3 is 4.90 Å². The summed E-state index contributed by atoms with van der Waals surface area (Å²) < 4.78 is 0. The number of anilines is 1. The predicted molar refractivity (Wildman–Crippen MR) is 137 cm³/mol. The lowest BCUT2D eigenvalue weighted by atomic mass is 9.72. The van der Waals surface area contributed by atoms with Gasteiger partial charge in [0.2, 0.25) is 0 Å². The number of carbonyl (C=O) groups is 1. The number of piperidine rings is 1. The van der Waals surface area contributed by atoms with Crippen LogP contribution in [0.5, 0.6) is 0 Å². The Morgan fingerprint density at radius 2 is 1.53 bits per heavy atom. The molecule has 0 amide bonds. The lowest BCUT2D eigenvalue weighted by molar-refractivity contribution is 0.0666. The maximum atomic E-state index is 13.8. The molecule has 1 heterocycles. The van der Waals surface area contributed by atoms with E-state index >= 15 is 0 Å². The largest absolute Gasteiger partial charge is 0.372 e. The van der Waals surface area contributed by atoms with Crippen LogP contribution in [0.1, 0.15) is 69.3 Å². The number of hydrogen-bond donors (Lipinski definition) is 0. The van der Waals surface area contributed by atoms with Crippen molar-refractivity contribution >= 4 is 11.5 Å². The van der Waals surface area contributed by atoms with Crippen LogP contribution in [0.3, 0.4) is 0 Å². The second-order valence-electron chi connectivity index (χ2n) is 10.4. The second kappa shape index (κ2) is 10.2. The van der Waals surface area contributed by atoms with Gasteiger partial charge in [0.05, 0.1) is 5.54 Å². The maximum Gasteiger partial charge on any atom is 0.183 e. The van der Waals surface area contributed by atoms with Crippen LogP contribution in [-0.2, 0) is 6.42 Å². The molecule has 0 bridgehead atoms. The van der Waals surface area contributed by atoms with Gasteiger partial charge in [0.15, 0.2) is 5.78 Å². The van der Waals surface area contributed by atoms with Gasteiger partial charge in [-0.15, -0.1) is 0 Å².